The number of rotatable bonds is 1. The molecule has 0 saturated heterocycles. The molecule has 1 saturated carbocycles. The molecule has 11 heavy (non-hydrogen) atoms. The Morgan fingerprint density at radius 2 is 2.36 bits per heavy atom. The Bertz CT molecular complexity index is 174. The van der Waals surface area contributed by atoms with Crippen LogP contribution < -0.4 is 0 Å². The van der Waals surface area contributed by atoms with Gasteiger partial charge >= 0.3 is 0 Å². The average Bonchev–Trinajstić information content (AvgIpc) is 2.29. The predicted molar refractivity (Wildman–Crippen MR) is 44.2 cm³/mol. The number of hydrogen-bond donors (Lipinski definition) is 2. The summed E-state index contributed by atoms with van der Waals surface area (Å²) in [6.07, 6.45) is 3.28. The van der Waals surface area contributed by atoms with Crippen molar-refractivity contribution in [2.24, 2.45) is 5.41 Å². The average molecular weight is 156 g/mol. The van der Waals surface area contributed by atoms with Crippen molar-refractivity contribution in [2.75, 3.05) is 6.61 Å². The number of allylic oxidation sites excluding steroid dienone is 1. The molecule has 0 spiro atoms. The maximum atomic E-state index is 9.48. The SMILES string of the molecule is C/C=C1/[C@@H](O)CC[C@@]1(C)CO. The van der Waals surface area contributed by atoms with Crippen molar-refractivity contribution in [1.29, 1.82) is 0 Å². The Morgan fingerprint density at radius 1 is 1.73 bits per heavy atom. The van der Waals surface area contributed by atoms with Crippen LogP contribution in [0, 0.1) is 5.41 Å². The molecule has 0 aromatic carbocycles. The third kappa shape index (κ3) is 1.33. The van der Waals surface area contributed by atoms with Gasteiger partial charge in [-0.2, -0.15) is 0 Å². The molecule has 0 amide bonds. The van der Waals surface area contributed by atoms with Crippen LogP contribution in [0.25, 0.3) is 0 Å². The lowest BCUT2D eigenvalue weighted by molar-refractivity contribution is 0.171. The normalized spacial score (nSPS) is 41.8. The number of hydrogen-bond acceptors (Lipinski definition) is 2. The van der Waals surface area contributed by atoms with Crippen LogP contribution >= 0.6 is 0 Å². The molecule has 1 aliphatic rings. The maximum absolute atomic E-state index is 9.48. The zero-order valence-corrected chi connectivity index (χ0v) is 7.17. The molecule has 0 aromatic rings. The van der Waals surface area contributed by atoms with E-state index in [1.54, 1.807) is 0 Å². The largest absolute Gasteiger partial charge is 0.395 e. The number of aliphatic hydroxyl groups excluding tert-OH is 2. The molecule has 64 valence electrons. The van der Waals surface area contributed by atoms with Gasteiger partial charge < -0.3 is 10.2 Å². The van der Waals surface area contributed by atoms with Gasteiger partial charge in [0.2, 0.25) is 0 Å². The van der Waals surface area contributed by atoms with E-state index in [0.717, 1.165) is 18.4 Å². The summed E-state index contributed by atoms with van der Waals surface area (Å²) in [6, 6.07) is 0. The molecule has 2 heteroatoms. The molecule has 0 bridgehead atoms. The summed E-state index contributed by atoms with van der Waals surface area (Å²) < 4.78 is 0. The minimum absolute atomic E-state index is 0.143. The lowest BCUT2D eigenvalue weighted by Gasteiger charge is -2.23. The second-order valence-corrected chi connectivity index (χ2v) is 3.52. The van der Waals surface area contributed by atoms with Crippen LogP contribution in [0.5, 0.6) is 0 Å². The van der Waals surface area contributed by atoms with Crippen molar-refractivity contribution >= 4 is 0 Å². The van der Waals surface area contributed by atoms with Gasteiger partial charge in [-0.1, -0.05) is 13.0 Å². The van der Waals surface area contributed by atoms with Gasteiger partial charge in [0.25, 0.3) is 0 Å². The summed E-state index contributed by atoms with van der Waals surface area (Å²) in [4.78, 5) is 0. The standard InChI is InChI=1S/C9H16O2/c1-3-7-8(11)4-5-9(7,2)6-10/h3,8,10-11H,4-6H2,1-2H3/b7-3-/t8-,9-/m0/s1. The minimum atomic E-state index is -0.322. The minimum Gasteiger partial charge on any atom is -0.395 e. The van der Waals surface area contributed by atoms with E-state index in [9.17, 15) is 5.11 Å². The smallest absolute Gasteiger partial charge is 0.0756 e. The van der Waals surface area contributed by atoms with Crippen LogP contribution in [-0.2, 0) is 0 Å². The Morgan fingerprint density at radius 3 is 2.73 bits per heavy atom. The first-order valence-corrected chi connectivity index (χ1v) is 4.09. The summed E-state index contributed by atoms with van der Waals surface area (Å²) in [6.45, 7) is 4.06. The van der Waals surface area contributed by atoms with Gasteiger partial charge in [-0.05, 0) is 25.3 Å². The molecule has 0 heterocycles. The quantitative estimate of drug-likeness (QED) is 0.558. The first kappa shape index (κ1) is 8.75. The van der Waals surface area contributed by atoms with E-state index < -0.39 is 0 Å². The molecule has 0 unspecified atom stereocenters. The van der Waals surface area contributed by atoms with Gasteiger partial charge in [-0.25, -0.2) is 0 Å². The molecule has 2 nitrogen and oxygen atoms in total. The molecule has 2 N–H and O–H groups in total. The van der Waals surface area contributed by atoms with Crippen LogP contribution in [0.4, 0.5) is 0 Å². The van der Waals surface area contributed by atoms with E-state index >= 15 is 0 Å². The fraction of sp³-hybridized carbons (Fsp3) is 0.778. The van der Waals surface area contributed by atoms with Crippen molar-refractivity contribution in [3.8, 4) is 0 Å². The van der Waals surface area contributed by atoms with Crippen LogP contribution in [-0.4, -0.2) is 22.9 Å². The van der Waals surface area contributed by atoms with Crippen LogP contribution in [0.2, 0.25) is 0 Å². The van der Waals surface area contributed by atoms with Gasteiger partial charge in [0.15, 0.2) is 0 Å². The van der Waals surface area contributed by atoms with Crippen molar-refractivity contribution in [1.82, 2.24) is 0 Å². The first-order valence-electron chi connectivity index (χ1n) is 4.09. The molecular weight excluding hydrogens is 140 g/mol. The molecule has 0 aromatic heterocycles. The fourth-order valence-electron chi connectivity index (χ4n) is 1.87. The third-order valence-corrected chi connectivity index (χ3v) is 2.69. The van der Waals surface area contributed by atoms with Gasteiger partial charge in [0.05, 0.1) is 12.7 Å². The zero-order chi connectivity index (χ0) is 8.48. The second kappa shape index (κ2) is 2.95. The van der Waals surface area contributed by atoms with Gasteiger partial charge in [-0.3, -0.25) is 0 Å². The van der Waals surface area contributed by atoms with E-state index in [4.69, 9.17) is 5.11 Å². The molecular formula is C9H16O2. The van der Waals surface area contributed by atoms with Gasteiger partial charge in [0.1, 0.15) is 0 Å². The fourth-order valence-corrected chi connectivity index (χ4v) is 1.87. The highest BCUT2D eigenvalue weighted by atomic mass is 16.3. The highest BCUT2D eigenvalue weighted by molar-refractivity contribution is 5.22. The van der Waals surface area contributed by atoms with E-state index in [2.05, 4.69) is 0 Å². The summed E-state index contributed by atoms with van der Waals surface area (Å²) in [5, 5.41) is 18.6. The van der Waals surface area contributed by atoms with E-state index in [1.807, 2.05) is 19.9 Å². The summed E-state index contributed by atoms with van der Waals surface area (Å²) in [5.74, 6) is 0. The third-order valence-electron chi connectivity index (χ3n) is 2.69. The highest BCUT2D eigenvalue weighted by Crippen LogP contribution is 2.41. The van der Waals surface area contributed by atoms with E-state index in [1.165, 1.54) is 0 Å². The monoisotopic (exact) mass is 156 g/mol. The van der Waals surface area contributed by atoms with E-state index in [-0.39, 0.29) is 18.1 Å². The molecule has 1 rings (SSSR count). The summed E-state index contributed by atoms with van der Waals surface area (Å²) in [5.41, 5.74) is 0.841. The van der Waals surface area contributed by atoms with Gasteiger partial charge in [-0.15, -0.1) is 0 Å². The molecule has 2 atom stereocenters. The summed E-state index contributed by atoms with van der Waals surface area (Å²) >= 11 is 0. The molecule has 0 radical (unpaired) electrons. The summed E-state index contributed by atoms with van der Waals surface area (Å²) in [7, 11) is 0. The lowest BCUT2D eigenvalue weighted by atomic mass is 9.85. The van der Waals surface area contributed by atoms with E-state index in [0.29, 0.717) is 0 Å². The van der Waals surface area contributed by atoms with Crippen molar-refractivity contribution in [3.05, 3.63) is 11.6 Å². The van der Waals surface area contributed by atoms with Gasteiger partial charge in [0, 0.05) is 5.41 Å². The number of aliphatic hydroxyl groups is 2. The highest BCUT2D eigenvalue weighted by Gasteiger charge is 2.38. The van der Waals surface area contributed by atoms with Crippen molar-refractivity contribution in [3.63, 3.8) is 0 Å². The molecule has 0 aliphatic heterocycles. The first-order chi connectivity index (χ1) is 5.14. The van der Waals surface area contributed by atoms with Crippen LogP contribution in [0.15, 0.2) is 11.6 Å². The lowest BCUT2D eigenvalue weighted by Crippen LogP contribution is -2.21. The maximum Gasteiger partial charge on any atom is 0.0756 e. The van der Waals surface area contributed by atoms with Crippen molar-refractivity contribution < 1.29 is 10.2 Å². The molecule has 1 fully saturated rings. The predicted octanol–water partition coefficient (Wildman–Crippen LogP) is 1.09. The zero-order valence-electron chi connectivity index (χ0n) is 7.17. The second-order valence-electron chi connectivity index (χ2n) is 3.52. The van der Waals surface area contributed by atoms with Crippen molar-refractivity contribution in [2.45, 2.75) is 32.8 Å². The Kier molecular flexibility index (Phi) is 2.35. The van der Waals surface area contributed by atoms with Crippen LogP contribution in [0.3, 0.4) is 0 Å². The Balaban J connectivity index is 2.85. The molecule has 1 aliphatic carbocycles. The topological polar surface area (TPSA) is 40.5 Å². The Hall–Kier alpha value is -0.340. The Labute approximate surface area is 67.6 Å². The van der Waals surface area contributed by atoms with Crippen LogP contribution in [0.1, 0.15) is 26.7 Å².